The zero-order valence-corrected chi connectivity index (χ0v) is 12.3. The SMILES string of the molecule is O=C(c1ccc(Br)cc1)N1CC(Oc2cccnc2)C1. The van der Waals surface area contributed by atoms with E-state index in [1.807, 2.05) is 36.4 Å². The van der Waals surface area contributed by atoms with Gasteiger partial charge in [0, 0.05) is 16.2 Å². The van der Waals surface area contributed by atoms with E-state index in [-0.39, 0.29) is 12.0 Å². The Morgan fingerprint density at radius 3 is 2.65 bits per heavy atom. The molecule has 0 spiro atoms. The zero-order valence-electron chi connectivity index (χ0n) is 10.7. The highest BCUT2D eigenvalue weighted by atomic mass is 79.9. The number of carbonyl (C=O) groups excluding carboxylic acids is 1. The lowest BCUT2D eigenvalue weighted by molar-refractivity contribution is 0.0176. The molecule has 0 aliphatic carbocycles. The third-order valence-corrected chi connectivity index (χ3v) is 3.69. The second kappa shape index (κ2) is 5.63. The molecule has 1 saturated heterocycles. The second-order valence-electron chi connectivity index (χ2n) is 4.65. The number of halogens is 1. The molecule has 0 atom stereocenters. The van der Waals surface area contributed by atoms with Crippen molar-refractivity contribution in [3.8, 4) is 5.75 Å². The molecule has 2 heterocycles. The average Bonchev–Trinajstić information content (AvgIpc) is 2.44. The zero-order chi connectivity index (χ0) is 13.9. The van der Waals surface area contributed by atoms with E-state index in [1.165, 1.54) is 0 Å². The van der Waals surface area contributed by atoms with Crippen molar-refractivity contribution in [3.63, 3.8) is 0 Å². The van der Waals surface area contributed by atoms with Crippen molar-refractivity contribution in [2.75, 3.05) is 13.1 Å². The molecule has 20 heavy (non-hydrogen) atoms. The first kappa shape index (κ1) is 13.1. The Morgan fingerprint density at radius 2 is 2.00 bits per heavy atom. The smallest absolute Gasteiger partial charge is 0.254 e. The monoisotopic (exact) mass is 332 g/mol. The van der Waals surface area contributed by atoms with Crippen molar-refractivity contribution < 1.29 is 9.53 Å². The number of carbonyl (C=O) groups is 1. The summed E-state index contributed by atoms with van der Waals surface area (Å²) in [5.74, 6) is 0.789. The number of pyridine rings is 1. The van der Waals surface area contributed by atoms with Crippen LogP contribution in [0.4, 0.5) is 0 Å². The number of hydrogen-bond donors (Lipinski definition) is 0. The number of nitrogens with zero attached hydrogens (tertiary/aromatic N) is 2. The molecule has 4 nitrogen and oxygen atoms in total. The Morgan fingerprint density at radius 1 is 1.25 bits per heavy atom. The Bertz CT molecular complexity index is 595. The van der Waals surface area contributed by atoms with Gasteiger partial charge in [0.2, 0.25) is 0 Å². The fourth-order valence-electron chi connectivity index (χ4n) is 2.06. The van der Waals surface area contributed by atoms with Crippen molar-refractivity contribution in [1.29, 1.82) is 0 Å². The normalized spacial score (nSPS) is 14.8. The number of ether oxygens (including phenoxy) is 1. The molecule has 0 saturated carbocycles. The Balaban J connectivity index is 1.55. The molecule has 1 aromatic carbocycles. The molecule has 2 aromatic rings. The summed E-state index contributed by atoms with van der Waals surface area (Å²) in [6.07, 6.45) is 3.44. The maximum absolute atomic E-state index is 12.2. The number of aromatic nitrogens is 1. The quantitative estimate of drug-likeness (QED) is 0.867. The van der Waals surface area contributed by atoms with Crippen molar-refractivity contribution in [3.05, 3.63) is 58.8 Å². The van der Waals surface area contributed by atoms with Crippen molar-refractivity contribution in [1.82, 2.24) is 9.88 Å². The predicted molar refractivity (Wildman–Crippen MR) is 78.7 cm³/mol. The highest BCUT2D eigenvalue weighted by Gasteiger charge is 2.32. The van der Waals surface area contributed by atoms with E-state index >= 15 is 0 Å². The molecule has 0 N–H and O–H groups in total. The minimum atomic E-state index is 0.0449. The van der Waals surface area contributed by atoms with Crippen LogP contribution in [0.5, 0.6) is 5.75 Å². The molecule has 1 aromatic heterocycles. The van der Waals surface area contributed by atoms with Crippen LogP contribution < -0.4 is 4.74 Å². The molecule has 0 radical (unpaired) electrons. The third-order valence-electron chi connectivity index (χ3n) is 3.16. The average molecular weight is 333 g/mol. The van der Waals surface area contributed by atoms with E-state index in [0.29, 0.717) is 18.7 Å². The highest BCUT2D eigenvalue weighted by Crippen LogP contribution is 2.20. The summed E-state index contributed by atoms with van der Waals surface area (Å²) < 4.78 is 6.69. The van der Waals surface area contributed by atoms with Gasteiger partial charge in [-0.3, -0.25) is 9.78 Å². The van der Waals surface area contributed by atoms with Gasteiger partial charge in [-0.2, -0.15) is 0 Å². The van der Waals surface area contributed by atoms with Crippen LogP contribution in [0.2, 0.25) is 0 Å². The standard InChI is InChI=1S/C15H13BrN2O2/c16-12-5-3-11(4-6-12)15(19)18-9-14(10-18)20-13-2-1-7-17-8-13/h1-8,14H,9-10H2. The summed E-state index contributed by atoms with van der Waals surface area (Å²) >= 11 is 3.36. The number of amides is 1. The van der Waals surface area contributed by atoms with Gasteiger partial charge in [-0.05, 0) is 36.4 Å². The largest absolute Gasteiger partial charge is 0.485 e. The molecule has 1 aliphatic heterocycles. The number of benzene rings is 1. The fraction of sp³-hybridized carbons (Fsp3) is 0.200. The van der Waals surface area contributed by atoms with Crippen LogP contribution in [0, 0.1) is 0 Å². The van der Waals surface area contributed by atoms with Gasteiger partial charge in [-0.1, -0.05) is 15.9 Å². The Labute approximate surface area is 125 Å². The summed E-state index contributed by atoms with van der Waals surface area (Å²) in [5.41, 5.74) is 0.702. The van der Waals surface area contributed by atoms with Crippen molar-refractivity contribution in [2.45, 2.75) is 6.10 Å². The minimum Gasteiger partial charge on any atom is -0.485 e. The number of rotatable bonds is 3. The summed E-state index contributed by atoms with van der Waals surface area (Å²) in [6, 6.07) is 11.1. The molecule has 0 unspecified atom stereocenters. The van der Waals surface area contributed by atoms with E-state index in [4.69, 9.17) is 4.74 Å². The Kier molecular flexibility index (Phi) is 3.69. The number of hydrogen-bond acceptors (Lipinski definition) is 3. The summed E-state index contributed by atoms with van der Waals surface area (Å²) in [5, 5.41) is 0. The third kappa shape index (κ3) is 2.82. The van der Waals surface area contributed by atoms with Crippen molar-refractivity contribution in [2.24, 2.45) is 0 Å². The summed E-state index contributed by atoms with van der Waals surface area (Å²) in [6.45, 7) is 1.23. The molecule has 0 bridgehead atoms. The van der Waals surface area contributed by atoms with E-state index in [0.717, 1.165) is 10.2 Å². The fourth-order valence-corrected chi connectivity index (χ4v) is 2.33. The first-order valence-electron chi connectivity index (χ1n) is 6.34. The lowest BCUT2D eigenvalue weighted by Crippen LogP contribution is -2.56. The van der Waals surface area contributed by atoms with Crippen LogP contribution in [-0.4, -0.2) is 35.0 Å². The van der Waals surface area contributed by atoms with Gasteiger partial charge in [0.1, 0.15) is 11.9 Å². The van der Waals surface area contributed by atoms with Gasteiger partial charge < -0.3 is 9.64 Å². The van der Waals surface area contributed by atoms with E-state index in [1.54, 1.807) is 17.3 Å². The van der Waals surface area contributed by atoms with E-state index in [2.05, 4.69) is 20.9 Å². The van der Waals surface area contributed by atoms with Crippen LogP contribution in [0.3, 0.4) is 0 Å². The molecule has 1 amide bonds. The highest BCUT2D eigenvalue weighted by molar-refractivity contribution is 9.10. The van der Waals surface area contributed by atoms with Crippen LogP contribution in [0.15, 0.2) is 53.3 Å². The molecule has 3 rings (SSSR count). The van der Waals surface area contributed by atoms with Crippen LogP contribution in [0.1, 0.15) is 10.4 Å². The Hall–Kier alpha value is -1.88. The molecule has 1 aliphatic rings. The predicted octanol–water partition coefficient (Wildman–Crippen LogP) is 2.75. The second-order valence-corrected chi connectivity index (χ2v) is 5.56. The summed E-state index contributed by atoms with van der Waals surface area (Å²) in [4.78, 5) is 18.0. The lowest BCUT2D eigenvalue weighted by atomic mass is 10.1. The first-order valence-corrected chi connectivity index (χ1v) is 7.13. The van der Waals surface area contributed by atoms with Crippen LogP contribution in [-0.2, 0) is 0 Å². The van der Waals surface area contributed by atoms with E-state index in [9.17, 15) is 4.79 Å². The van der Waals surface area contributed by atoms with Crippen LogP contribution in [0.25, 0.3) is 0 Å². The van der Waals surface area contributed by atoms with Gasteiger partial charge in [-0.15, -0.1) is 0 Å². The molecular weight excluding hydrogens is 320 g/mol. The molecule has 5 heteroatoms. The van der Waals surface area contributed by atoms with Gasteiger partial charge in [0.15, 0.2) is 0 Å². The van der Waals surface area contributed by atoms with E-state index < -0.39 is 0 Å². The molecule has 1 fully saturated rings. The number of likely N-dealkylation sites (tertiary alicyclic amines) is 1. The van der Waals surface area contributed by atoms with Gasteiger partial charge in [-0.25, -0.2) is 0 Å². The van der Waals surface area contributed by atoms with Crippen LogP contribution >= 0.6 is 15.9 Å². The van der Waals surface area contributed by atoms with Crippen molar-refractivity contribution >= 4 is 21.8 Å². The van der Waals surface area contributed by atoms with Gasteiger partial charge >= 0.3 is 0 Å². The first-order chi connectivity index (χ1) is 9.72. The topological polar surface area (TPSA) is 42.4 Å². The molecular formula is C15H13BrN2O2. The minimum absolute atomic E-state index is 0.0449. The van der Waals surface area contributed by atoms with Gasteiger partial charge in [0.05, 0.1) is 19.3 Å². The summed E-state index contributed by atoms with van der Waals surface area (Å²) in [7, 11) is 0. The molecule has 102 valence electrons. The maximum atomic E-state index is 12.2. The van der Waals surface area contributed by atoms with Gasteiger partial charge in [0.25, 0.3) is 5.91 Å². The lowest BCUT2D eigenvalue weighted by Gasteiger charge is -2.38. The maximum Gasteiger partial charge on any atom is 0.254 e.